The summed E-state index contributed by atoms with van der Waals surface area (Å²) < 4.78 is 18.5. The highest BCUT2D eigenvalue weighted by molar-refractivity contribution is 8.93. The topological polar surface area (TPSA) is 34.2 Å². The highest BCUT2D eigenvalue weighted by Gasteiger charge is 2.51. The first kappa shape index (κ1) is 30.9. The molecule has 31 heavy (non-hydrogen) atoms. The molecule has 1 heterocycles. The first-order valence-electron chi connectivity index (χ1n) is 12.8. The lowest BCUT2D eigenvalue weighted by atomic mass is 10.1. The summed E-state index contributed by atoms with van der Waals surface area (Å²) in [7, 11) is -2.74. The summed E-state index contributed by atoms with van der Waals surface area (Å²) >= 11 is 0. The van der Waals surface area contributed by atoms with Gasteiger partial charge in [0, 0.05) is 38.8 Å². The second-order valence-corrected chi connectivity index (χ2v) is 11.0. The van der Waals surface area contributed by atoms with Gasteiger partial charge in [-0.3, -0.25) is 0 Å². The Kier molecular flexibility index (Phi) is 19.3. The summed E-state index contributed by atoms with van der Waals surface area (Å²) in [6.45, 7) is 14.5. The van der Waals surface area contributed by atoms with Crippen molar-refractivity contribution in [1.82, 2.24) is 9.80 Å². The van der Waals surface area contributed by atoms with Crippen LogP contribution in [0.15, 0.2) is 12.4 Å². The number of halogens is 1. The minimum absolute atomic E-state index is 0. The van der Waals surface area contributed by atoms with Crippen LogP contribution in [-0.4, -0.2) is 57.3 Å². The fourth-order valence-corrected chi connectivity index (χ4v) is 7.45. The van der Waals surface area contributed by atoms with Crippen LogP contribution >= 0.6 is 17.0 Å². The SMILES string of the molecule is Br.CCCCCCCCCCCCN1C=CN(C(CC)[Si](OCC)(OCC)OCC)C1. The van der Waals surface area contributed by atoms with Crippen LogP contribution in [0.2, 0.25) is 0 Å². The maximum Gasteiger partial charge on any atom is 0.524 e. The lowest BCUT2D eigenvalue weighted by Gasteiger charge is -2.39. The highest BCUT2D eigenvalue weighted by Crippen LogP contribution is 2.26. The summed E-state index contributed by atoms with van der Waals surface area (Å²) in [5.41, 5.74) is 0.173. The van der Waals surface area contributed by atoms with Gasteiger partial charge in [0.05, 0.1) is 12.3 Å². The Morgan fingerprint density at radius 2 is 1.19 bits per heavy atom. The van der Waals surface area contributed by atoms with E-state index in [9.17, 15) is 0 Å². The quantitative estimate of drug-likeness (QED) is 0.128. The lowest BCUT2D eigenvalue weighted by Crippen LogP contribution is -2.62. The predicted molar refractivity (Wildman–Crippen MR) is 139 cm³/mol. The predicted octanol–water partition coefficient (Wildman–Crippen LogP) is 6.90. The van der Waals surface area contributed by atoms with Crippen molar-refractivity contribution in [2.75, 3.05) is 33.0 Å². The largest absolute Gasteiger partial charge is 0.524 e. The van der Waals surface area contributed by atoms with E-state index in [4.69, 9.17) is 13.3 Å². The molecule has 1 rings (SSSR count). The van der Waals surface area contributed by atoms with Crippen molar-refractivity contribution in [3.8, 4) is 0 Å². The van der Waals surface area contributed by atoms with Gasteiger partial charge in [0.1, 0.15) is 0 Å². The molecule has 0 aromatic heterocycles. The van der Waals surface area contributed by atoms with Crippen LogP contribution in [0.4, 0.5) is 0 Å². The summed E-state index contributed by atoms with van der Waals surface area (Å²) in [6.07, 6.45) is 19.2. The second-order valence-electron chi connectivity index (χ2n) is 8.27. The van der Waals surface area contributed by atoms with Crippen molar-refractivity contribution in [2.24, 2.45) is 0 Å². The molecular formula is C24H51BrN2O3Si. The first-order valence-corrected chi connectivity index (χ1v) is 14.6. The van der Waals surface area contributed by atoms with E-state index in [1.807, 2.05) is 20.8 Å². The van der Waals surface area contributed by atoms with Crippen LogP contribution in [0, 0.1) is 0 Å². The first-order chi connectivity index (χ1) is 14.7. The van der Waals surface area contributed by atoms with Gasteiger partial charge >= 0.3 is 8.80 Å². The van der Waals surface area contributed by atoms with Crippen LogP contribution in [0.1, 0.15) is 105 Å². The zero-order chi connectivity index (χ0) is 22.1. The van der Waals surface area contributed by atoms with Crippen LogP contribution < -0.4 is 0 Å². The smallest absolute Gasteiger partial charge is 0.373 e. The van der Waals surface area contributed by atoms with E-state index in [0.29, 0.717) is 19.8 Å². The molecule has 1 unspecified atom stereocenters. The van der Waals surface area contributed by atoms with Gasteiger partial charge in [0.2, 0.25) is 0 Å². The third-order valence-corrected chi connectivity index (χ3v) is 9.47. The average molecular weight is 524 g/mol. The molecule has 1 aliphatic rings. The van der Waals surface area contributed by atoms with Crippen LogP contribution in [0.5, 0.6) is 0 Å². The third-order valence-electron chi connectivity index (χ3n) is 5.84. The second kappa shape index (κ2) is 19.4. The Bertz CT molecular complexity index is 426. The molecule has 0 aliphatic carbocycles. The standard InChI is InChI=1S/C24H50N2O3Si.BrH/c1-6-11-12-13-14-15-16-17-18-19-20-25-21-22-26(23-25)24(7-2)30(27-8-3,28-9-4)29-10-5;/h21-22,24H,6-20,23H2,1-5H3;1H. The minimum atomic E-state index is -2.74. The molecule has 0 N–H and O–H groups in total. The van der Waals surface area contributed by atoms with Crippen LogP contribution in [-0.2, 0) is 13.3 Å². The molecule has 1 aliphatic heterocycles. The fourth-order valence-electron chi connectivity index (χ4n) is 4.34. The van der Waals surface area contributed by atoms with Gasteiger partial charge in [-0.25, -0.2) is 0 Å². The molecule has 7 heteroatoms. The Morgan fingerprint density at radius 3 is 1.65 bits per heavy atom. The molecule has 0 radical (unpaired) electrons. The maximum absolute atomic E-state index is 6.18. The molecule has 186 valence electrons. The Hall–Kier alpha value is -0.0831. The van der Waals surface area contributed by atoms with E-state index in [1.165, 1.54) is 64.2 Å². The van der Waals surface area contributed by atoms with E-state index in [-0.39, 0.29) is 22.6 Å². The van der Waals surface area contributed by atoms with Gasteiger partial charge in [-0.2, -0.15) is 0 Å². The van der Waals surface area contributed by atoms with Gasteiger partial charge in [-0.15, -0.1) is 17.0 Å². The number of unbranched alkanes of at least 4 members (excludes halogenated alkanes) is 9. The van der Waals surface area contributed by atoms with Crippen molar-refractivity contribution in [1.29, 1.82) is 0 Å². The molecule has 0 fully saturated rings. The Balaban J connectivity index is 0.00000900. The molecule has 0 aromatic carbocycles. The molecule has 5 nitrogen and oxygen atoms in total. The number of rotatable bonds is 20. The van der Waals surface area contributed by atoms with E-state index < -0.39 is 8.80 Å². The van der Waals surface area contributed by atoms with Crippen molar-refractivity contribution < 1.29 is 13.3 Å². The van der Waals surface area contributed by atoms with Gasteiger partial charge < -0.3 is 23.1 Å². The average Bonchev–Trinajstić information content (AvgIpc) is 3.19. The summed E-state index contributed by atoms with van der Waals surface area (Å²) in [6, 6.07) is 0. The Morgan fingerprint density at radius 1 is 0.710 bits per heavy atom. The zero-order valence-corrected chi connectivity index (χ0v) is 23.8. The molecular weight excluding hydrogens is 472 g/mol. The molecule has 0 saturated carbocycles. The molecule has 0 amide bonds. The lowest BCUT2D eigenvalue weighted by molar-refractivity contribution is 0.0392. The minimum Gasteiger partial charge on any atom is -0.373 e. The molecule has 1 atom stereocenters. The molecule has 0 aromatic rings. The van der Waals surface area contributed by atoms with Crippen molar-refractivity contribution in [3.63, 3.8) is 0 Å². The number of nitrogens with zero attached hydrogens (tertiary/aromatic N) is 2. The molecule has 0 spiro atoms. The van der Waals surface area contributed by atoms with E-state index >= 15 is 0 Å². The molecule has 0 saturated heterocycles. The number of hydrogen-bond acceptors (Lipinski definition) is 5. The summed E-state index contributed by atoms with van der Waals surface area (Å²) in [4.78, 5) is 4.81. The van der Waals surface area contributed by atoms with Gasteiger partial charge in [0.25, 0.3) is 0 Å². The monoisotopic (exact) mass is 522 g/mol. The zero-order valence-electron chi connectivity index (χ0n) is 21.1. The van der Waals surface area contributed by atoms with Crippen molar-refractivity contribution >= 4 is 25.8 Å². The third kappa shape index (κ3) is 11.6. The number of hydrogen-bond donors (Lipinski definition) is 0. The van der Waals surface area contributed by atoms with Gasteiger partial charge in [-0.1, -0.05) is 71.6 Å². The molecule has 0 bridgehead atoms. The van der Waals surface area contributed by atoms with Crippen LogP contribution in [0.3, 0.4) is 0 Å². The van der Waals surface area contributed by atoms with E-state index in [0.717, 1.165) is 19.6 Å². The fraction of sp³-hybridized carbons (Fsp3) is 0.917. The van der Waals surface area contributed by atoms with Crippen LogP contribution in [0.25, 0.3) is 0 Å². The van der Waals surface area contributed by atoms with Crippen molar-refractivity contribution in [2.45, 2.75) is 111 Å². The summed E-state index contributed by atoms with van der Waals surface area (Å²) in [5, 5.41) is 0. The van der Waals surface area contributed by atoms with E-state index in [2.05, 4.69) is 36.0 Å². The maximum atomic E-state index is 6.18. The van der Waals surface area contributed by atoms with E-state index in [1.54, 1.807) is 0 Å². The van der Waals surface area contributed by atoms with Gasteiger partial charge in [-0.05, 0) is 33.6 Å². The van der Waals surface area contributed by atoms with Gasteiger partial charge in [0.15, 0.2) is 0 Å². The highest BCUT2D eigenvalue weighted by atomic mass is 79.9. The summed E-state index contributed by atoms with van der Waals surface area (Å²) in [5.74, 6) is 0. The Labute approximate surface area is 205 Å². The normalized spacial score (nSPS) is 14.9. The van der Waals surface area contributed by atoms with Crippen molar-refractivity contribution in [3.05, 3.63) is 12.4 Å².